The minimum atomic E-state index is -0.0203. The van der Waals surface area contributed by atoms with Gasteiger partial charge in [0.2, 0.25) is 5.91 Å². The molecule has 140 valence electrons. The Labute approximate surface area is 171 Å². The van der Waals surface area contributed by atoms with Gasteiger partial charge in [-0.3, -0.25) is 4.79 Å². The van der Waals surface area contributed by atoms with E-state index in [-0.39, 0.29) is 18.4 Å². The first-order valence-electron chi connectivity index (χ1n) is 8.73. The summed E-state index contributed by atoms with van der Waals surface area (Å²) in [5.41, 5.74) is 4.14. The fraction of sp³-hybridized carbons (Fsp3) is 0.300. The van der Waals surface area contributed by atoms with Gasteiger partial charge in [0.15, 0.2) is 0 Å². The quantitative estimate of drug-likeness (QED) is 0.623. The molecule has 0 spiro atoms. The second kappa shape index (κ2) is 7.62. The van der Waals surface area contributed by atoms with Gasteiger partial charge in [0.1, 0.15) is 10.8 Å². The Kier molecular flexibility index (Phi) is 5.21. The summed E-state index contributed by atoms with van der Waals surface area (Å²) in [7, 11) is 0. The number of aromatic nitrogens is 1. The predicted octanol–water partition coefficient (Wildman–Crippen LogP) is 5.32. The zero-order chi connectivity index (χ0) is 19.0. The van der Waals surface area contributed by atoms with Gasteiger partial charge >= 0.3 is 0 Å². The van der Waals surface area contributed by atoms with Crippen LogP contribution in [0.25, 0.3) is 9.88 Å². The summed E-state index contributed by atoms with van der Waals surface area (Å²) in [6.45, 7) is 4.72. The molecule has 0 fully saturated rings. The lowest BCUT2D eigenvalue weighted by Gasteiger charge is -2.28. The fourth-order valence-electron chi connectivity index (χ4n) is 3.37. The molecule has 0 radical (unpaired) electrons. The molecule has 3 heterocycles. The molecule has 1 unspecified atom stereocenters. The number of hydrogen-bond acceptors (Lipinski definition) is 5. The Balaban J connectivity index is 1.46. The molecule has 0 saturated carbocycles. The highest BCUT2D eigenvalue weighted by molar-refractivity contribution is 7.23. The van der Waals surface area contributed by atoms with Crippen molar-refractivity contribution in [2.24, 2.45) is 0 Å². The van der Waals surface area contributed by atoms with E-state index < -0.39 is 0 Å². The minimum absolute atomic E-state index is 0.0194. The Morgan fingerprint density at radius 1 is 1.37 bits per heavy atom. The molecule has 7 heteroatoms. The molecule has 2 aromatic heterocycles. The summed E-state index contributed by atoms with van der Waals surface area (Å²) in [6, 6.07) is 8.01. The zero-order valence-electron chi connectivity index (χ0n) is 15.0. The molecule has 3 aromatic rings. The minimum Gasteiger partial charge on any atom is -0.493 e. The summed E-state index contributed by atoms with van der Waals surface area (Å²) in [4.78, 5) is 18.2. The molecule has 1 N–H and O–H groups in total. The molecule has 1 aromatic carbocycles. The highest BCUT2D eigenvalue weighted by Gasteiger charge is 2.25. The van der Waals surface area contributed by atoms with Crippen molar-refractivity contribution in [2.75, 3.05) is 6.61 Å². The molecule has 1 amide bonds. The third-order valence-electron chi connectivity index (χ3n) is 4.49. The van der Waals surface area contributed by atoms with Crippen LogP contribution in [0.15, 0.2) is 29.6 Å². The number of aryl methyl sites for hydroxylation is 2. The first-order chi connectivity index (χ1) is 13.0. The maximum atomic E-state index is 12.6. The fourth-order valence-corrected chi connectivity index (χ4v) is 5.30. The Hall–Kier alpha value is -1.89. The number of hydrogen-bond donors (Lipinski definition) is 1. The van der Waals surface area contributed by atoms with Crippen molar-refractivity contribution in [1.82, 2.24) is 10.3 Å². The Bertz CT molecular complexity index is 996. The van der Waals surface area contributed by atoms with Gasteiger partial charge < -0.3 is 10.1 Å². The van der Waals surface area contributed by atoms with Crippen molar-refractivity contribution in [3.8, 4) is 15.6 Å². The third kappa shape index (κ3) is 4.03. The van der Waals surface area contributed by atoms with Gasteiger partial charge in [-0.05, 0) is 31.5 Å². The van der Waals surface area contributed by atoms with E-state index in [1.54, 1.807) is 0 Å². The van der Waals surface area contributed by atoms with E-state index in [1.807, 2.05) is 24.4 Å². The number of benzene rings is 1. The van der Waals surface area contributed by atoms with E-state index in [0.29, 0.717) is 6.61 Å². The topological polar surface area (TPSA) is 51.2 Å². The van der Waals surface area contributed by atoms with Gasteiger partial charge in [0, 0.05) is 17.4 Å². The van der Waals surface area contributed by atoms with Crippen molar-refractivity contribution >= 4 is 40.2 Å². The monoisotopic (exact) mass is 418 g/mol. The molecule has 0 saturated heterocycles. The number of thiophene rings is 1. The number of halogens is 1. The normalized spacial score (nSPS) is 15.9. The third-order valence-corrected chi connectivity index (χ3v) is 6.78. The molecular formula is C20H19ClN2O2S2. The average Bonchev–Trinajstić information content (AvgIpc) is 3.24. The summed E-state index contributed by atoms with van der Waals surface area (Å²) in [6.07, 6.45) is 1.05. The van der Waals surface area contributed by atoms with Crippen LogP contribution in [0, 0.1) is 13.8 Å². The van der Waals surface area contributed by atoms with Gasteiger partial charge in [0.05, 0.1) is 34.0 Å². The summed E-state index contributed by atoms with van der Waals surface area (Å²) >= 11 is 9.03. The van der Waals surface area contributed by atoms with Crippen LogP contribution in [0.4, 0.5) is 0 Å². The lowest BCUT2D eigenvalue weighted by molar-refractivity contribution is -0.121. The number of nitrogens with one attached hydrogen (secondary N) is 1. The van der Waals surface area contributed by atoms with Crippen molar-refractivity contribution in [3.05, 3.63) is 56.4 Å². The highest BCUT2D eigenvalue weighted by atomic mass is 35.5. The summed E-state index contributed by atoms with van der Waals surface area (Å²) in [5, 5.41) is 6.00. The number of rotatable bonds is 4. The first kappa shape index (κ1) is 18.5. The van der Waals surface area contributed by atoms with Gasteiger partial charge in [-0.1, -0.05) is 29.3 Å². The van der Waals surface area contributed by atoms with Crippen molar-refractivity contribution in [3.63, 3.8) is 0 Å². The standard InChI is InChI=1S/C20H19ClN2O2S2/c1-11-7-12(2)19-14(8-11)15(5-6-25-19)23-18(24)9-13-10-26-20(22-13)16-3-4-17(21)27-16/h3-4,7-8,10,15H,5-6,9H2,1-2H3,(H,23,24). The van der Waals surface area contributed by atoms with Crippen LogP contribution >= 0.6 is 34.3 Å². The van der Waals surface area contributed by atoms with Crippen molar-refractivity contribution in [1.29, 1.82) is 0 Å². The molecule has 4 nitrogen and oxygen atoms in total. The number of ether oxygens (including phenoxy) is 1. The van der Waals surface area contributed by atoms with Gasteiger partial charge in [-0.15, -0.1) is 22.7 Å². The van der Waals surface area contributed by atoms with E-state index >= 15 is 0 Å². The molecular weight excluding hydrogens is 400 g/mol. The second-order valence-corrected chi connectivity index (χ2v) is 9.26. The number of nitrogens with zero attached hydrogens (tertiary/aromatic N) is 1. The number of carbonyl (C=O) groups is 1. The maximum Gasteiger partial charge on any atom is 0.226 e. The van der Waals surface area contributed by atoms with Crippen LogP contribution < -0.4 is 10.1 Å². The van der Waals surface area contributed by atoms with Gasteiger partial charge in [-0.2, -0.15) is 0 Å². The van der Waals surface area contributed by atoms with Crippen LogP contribution in [0.5, 0.6) is 5.75 Å². The zero-order valence-corrected chi connectivity index (χ0v) is 17.4. The van der Waals surface area contributed by atoms with Crippen LogP contribution in [-0.4, -0.2) is 17.5 Å². The van der Waals surface area contributed by atoms with Gasteiger partial charge in [-0.25, -0.2) is 4.98 Å². The molecule has 0 aliphatic carbocycles. The van der Waals surface area contributed by atoms with Crippen molar-refractivity contribution < 1.29 is 9.53 Å². The number of thiazole rings is 1. The Morgan fingerprint density at radius 2 is 2.22 bits per heavy atom. The number of carbonyl (C=O) groups excluding carboxylic acids is 1. The molecule has 27 heavy (non-hydrogen) atoms. The smallest absolute Gasteiger partial charge is 0.226 e. The predicted molar refractivity (Wildman–Crippen MR) is 111 cm³/mol. The number of fused-ring (bicyclic) bond motifs is 1. The van der Waals surface area contributed by atoms with E-state index in [9.17, 15) is 4.79 Å². The molecule has 4 rings (SSSR count). The van der Waals surface area contributed by atoms with E-state index in [1.165, 1.54) is 28.2 Å². The van der Waals surface area contributed by atoms with Crippen LogP contribution in [0.1, 0.15) is 34.8 Å². The largest absolute Gasteiger partial charge is 0.493 e. The van der Waals surface area contributed by atoms with E-state index in [0.717, 1.165) is 43.2 Å². The maximum absolute atomic E-state index is 12.6. The van der Waals surface area contributed by atoms with Crippen LogP contribution in [-0.2, 0) is 11.2 Å². The van der Waals surface area contributed by atoms with E-state index in [4.69, 9.17) is 16.3 Å². The highest BCUT2D eigenvalue weighted by Crippen LogP contribution is 2.36. The summed E-state index contributed by atoms with van der Waals surface area (Å²) < 4.78 is 6.56. The summed E-state index contributed by atoms with van der Waals surface area (Å²) in [5.74, 6) is 0.885. The van der Waals surface area contributed by atoms with Crippen molar-refractivity contribution in [2.45, 2.75) is 32.7 Å². The van der Waals surface area contributed by atoms with Crippen LogP contribution in [0.3, 0.4) is 0 Å². The second-order valence-electron chi connectivity index (χ2n) is 6.68. The average molecular weight is 419 g/mol. The molecule has 1 atom stereocenters. The molecule has 1 aliphatic heterocycles. The molecule has 1 aliphatic rings. The SMILES string of the molecule is Cc1cc(C)c2c(c1)C(NC(=O)Cc1csc(-c3ccc(Cl)s3)n1)CCO2. The van der Waals surface area contributed by atoms with Crippen LogP contribution in [0.2, 0.25) is 4.34 Å². The van der Waals surface area contributed by atoms with E-state index in [2.05, 4.69) is 29.4 Å². The number of amides is 1. The van der Waals surface area contributed by atoms with Gasteiger partial charge in [0.25, 0.3) is 0 Å². The molecule has 0 bridgehead atoms. The first-order valence-corrected chi connectivity index (χ1v) is 10.8. The lowest BCUT2D eigenvalue weighted by Crippen LogP contribution is -2.33. The lowest BCUT2D eigenvalue weighted by atomic mass is 9.95. The Morgan fingerprint density at radius 3 is 3.00 bits per heavy atom.